The second-order valence-corrected chi connectivity index (χ2v) is 17.5. The predicted octanol–water partition coefficient (Wildman–Crippen LogP) is 5.31. The number of aliphatic hydroxyl groups excluding tert-OH is 2. The van der Waals surface area contributed by atoms with E-state index in [-0.39, 0.29) is 52.9 Å². The summed E-state index contributed by atoms with van der Waals surface area (Å²) >= 11 is 3.06. The summed E-state index contributed by atoms with van der Waals surface area (Å²) in [4.78, 5) is 63.3. The van der Waals surface area contributed by atoms with Gasteiger partial charge in [0.15, 0.2) is 29.2 Å². The van der Waals surface area contributed by atoms with E-state index in [0.717, 1.165) is 35.1 Å². The number of anilines is 1. The molecule has 2 aromatic rings. The van der Waals surface area contributed by atoms with E-state index in [2.05, 4.69) is 33.5 Å². The molecule has 0 aromatic heterocycles. The number of alkyl halides is 1. The van der Waals surface area contributed by atoms with Crippen molar-refractivity contribution in [3.63, 3.8) is 0 Å². The number of benzene rings is 2. The third kappa shape index (κ3) is 6.95. The predicted molar refractivity (Wildman–Crippen MR) is 211 cm³/mol. The van der Waals surface area contributed by atoms with Crippen LogP contribution in [-0.4, -0.2) is 75.2 Å². The summed E-state index contributed by atoms with van der Waals surface area (Å²) in [5.41, 5.74) is 1.72. The second kappa shape index (κ2) is 15.5. The lowest BCUT2D eigenvalue weighted by Gasteiger charge is -2.59. The molecule has 0 spiro atoms. The Balaban J connectivity index is 1.02. The van der Waals surface area contributed by atoms with Crippen molar-refractivity contribution in [2.75, 3.05) is 17.3 Å². The van der Waals surface area contributed by atoms with Gasteiger partial charge < -0.3 is 30.3 Å². The first kappa shape index (κ1) is 40.4. The summed E-state index contributed by atoms with van der Waals surface area (Å²) in [5.74, 6) is -1.87. The van der Waals surface area contributed by atoms with Gasteiger partial charge >= 0.3 is 0 Å². The molecule has 1 heterocycles. The number of carbonyl (C=O) groups is 5. The Kier molecular flexibility index (Phi) is 11.2. The van der Waals surface area contributed by atoms with Crippen LogP contribution in [0, 0.1) is 34.5 Å². The quantitative estimate of drug-likeness (QED) is 0.207. The highest BCUT2D eigenvalue weighted by molar-refractivity contribution is 9.09. The van der Waals surface area contributed by atoms with Gasteiger partial charge in [0, 0.05) is 40.3 Å². The molecule has 2 aromatic carbocycles. The van der Waals surface area contributed by atoms with Crippen molar-refractivity contribution in [2.24, 2.45) is 34.5 Å². The zero-order chi connectivity index (χ0) is 40.2. The van der Waals surface area contributed by atoms with Crippen LogP contribution in [0.4, 0.5) is 5.69 Å². The molecular weight excluding hydrogens is 780 g/mol. The number of ether oxygens (including phenoxy) is 2. The lowest BCUT2D eigenvalue weighted by molar-refractivity contribution is -0.201. The van der Waals surface area contributed by atoms with E-state index >= 15 is 0 Å². The lowest BCUT2D eigenvalue weighted by atomic mass is 9.46. The second-order valence-electron chi connectivity index (χ2n) is 16.9. The maximum absolute atomic E-state index is 13.9. The molecule has 11 nitrogen and oxygen atoms in total. The number of nitrogens with one attached hydrogen (secondary N) is 2. The summed E-state index contributed by atoms with van der Waals surface area (Å²) in [6.07, 6.45) is 6.11. The van der Waals surface area contributed by atoms with Crippen LogP contribution in [-0.2, 0) is 39.9 Å². The first-order valence-electron chi connectivity index (χ1n) is 19.6. The lowest BCUT2D eigenvalue weighted by Crippen LogP contribution is -2.63. The maximum Gasteiger partial charge on any atom is 0.231 e. The molecule has 5 aliphatic rings. The van der Waals surface area contributed by atoms with Crippen molar-refractivity contribution >= 4 is 50.8 Å². The Hall–Kier alpha value is -3.81. The van der Waals surface area contributed by atoms with Gasteiger partial charge in [-0.25, -0.2) is 0 Å². The van der Waals surface area contributed by atoms with Crippen molar-refractivity contribution in [1.82, 2.24) is 5.32 Å². The summed E-state index contributed by atoms with van der Waals surface area (Å²) in [6.45, 7) is 6.73. The molecule has 11 atom stereocenters. The molecule has 0 unspecified atom stereocenters. The van der Waals surface area contributed by atoms with Crippen LogP contribution in [0.25, 0.3) is 0 Å². The summed E-state index contributed by atoms with van der Waals surface area (Å²) in [6, 6.07) is 14.6. The van der Waals surface area contributed by atoms with Crippen LogP contribution in [0.2, 0.25) is 0 Å². The van der Waals surface area contributed by atoms with E-state index in [9.17, 15) is 34.2 Å². The van der Waals surface area contributed by atoms with Crippen LogP contribution in [0.3, 0.4) is 0 Å². The number of carbonyl (C=O) groups excluding carboxylic acids is 5. The minimum absolute atomic E-state index is 0.00521. The highest BCUT2D eigenvalue weighted by Crippen LogP contribution is 2.70. The molecule has 4 aliphatic carbocycles. The van der Waals surface area contributed by atoms with Crippen molar-refractivity contribution in [3.8, 4) is 0 Å². The molecular formula is C44H51BrN2O9. The highest BCUT2D eigenvalue weighted by atomic mass is 79.9. The third-order valence-corrected chi connectivity index (χ3v) is 14.1. The Labute approximate surface area is 335 Å². The first-order valence-corrected chi connectivity index (χ1v) is 20.7. The molecule has 298 valence electrons. The molecule has 1 saturated heterocycles. The average Bonchev–Trinajstić information content (AvgIpc) is 3.67. The summed E-state index contributed by atoms with van der Waals surface area (Å²) in [7, 11) is 0. The van der Waals surface area contributed by atoms with Crippen molar-refractivity contribution in [2.45, 2.75) is 96.4 Å². The number of Topliss-reactive ketones (excluding diaryl/α,β-unsaturated/α-hetero) is 2. The van der Waals surface area contributed by atoms with Crippen molar-refractivity contribution < 1.29 is 43.7 Å². The van der Waals surface area contributed by atoms with E-state index in [0.29, 0.717) is 24.9 Å². The molecule has 4 fully saturated rings. The summed E-state index contributed by atoms with van der Waals surface area (Å²) < 4.78 is 13.4. The van der Waals surface area contributed by atoms with Crippen molar-refractivity contribution in [1.29, 1.82) is 0 Å². The molecule has 0 radical (unpaired) electrons. The van der Waals surface area contributed by atoms with Crippen LogP contribution >= 0.6 is 15.9 Å². The van der Waals surface area contributed by atoms with Crippen LogP contribution in [0.15, 0.2) is 72.3 Å². The first-order chi connectivity index (χ1) is 26.6. The van der Waals surface area contributed by atoms with Gasteiger partial charge in [0.05, 0.1) is 23.6 Å². The molecule has 7 rings (SSSR count). The summed E-state index contributed by atoms with van der Waals surface area (Å²) in [5, 5.41) is 27.8. The van der Waals surface area contributed by atoms with Gasteiger partial charge in [0.25, 0.3) is 0 Å². The Morgan fingerprint density at radius 1 is 1.05 bits per heavy atom. The van der Waals surface area contributed by atoms with Gasteiger partial charge in [-0.3, -0.25) is 24.0 Å². The molecule has 1 aliphatic heterocycles. The maximum atomic E-state index is 13.9. The fourth-order valence-electron chi connectivity index (χ4n) is 10.8. The van der Waals surface area contributed by atoms with Gasteiger partial charge in [0.1, 0.15) is 6.61 Å². The Morgan fingerprint density at radius 2 is 1.80 bits per heavy atom. The number of aliphatic hydroxyl groups is 2. The number of ketones is 3. The average molecular weight is 832 g/mol. The van der Waals surface area contributed by atoms with E-state index in [4.69, 9.17) is 9.47 Å². The van der Waals surface area contributed by atoms with E-state index in [1.807, 2.05) is 55.5 Å². The highest BCUT2D eigenvalue weighted by Gasteiger charge is 2.75. The minimum Gasteiger partial charge on any atom is -0.393 e. The molecule has 4 N–H and O–H groups in total. The van der Waals surface area contributed by atoms with Gasteiger partial charge in [-0.2, -0.15) is 0 Å². The van der Waals surface area contributed by atoms with E-state index in [1.54, 1.807) is 32.1 Å². The smallest absolute Gasteiger partial charge is 0.231 e. The monoisotopic (exact) mass is 830 g/mol. The largest absolute Gasteiger partial charge is 0.393 e. The number of hydrogen-bond acceptors (Lipinski definition) is 9. The number of allylic oxidation sites excluding steroid dienone is 4. The standard InChI is InChI=1S/C44H51BrN2O9/c1-24(16-34(50)25(2)46-38(53)22-45)40(54)47-30-7-5-6-27(18-30)17-26-8-10-28(11-9-26)41-55-37-20-33-32-13-12-29-19-31(49)14-15-42(29,3)39(32)35(51)21-43(33,4)44(37,56-41)36(52)23-48/h5-11,14-15,18-19,24-25,32-33,35,37,39,41,48,51H,12-13,16-17,20-23H2,1-4H3,(H,46,53)(H,47,54)/t24-,25+,32+,33+,35+,37-,39-,41-,42+,43+,44-/m1/s1. The topological polar surface area (TPSA) is 168 Å². The fourth-order valence-corrected chi connectivity index (χ4v) is 11.0. The zero-order valence-electron chi connectivity index (χ0n) is 32.3. The number of amides is 2. The molecule has 2 amide bonds. The molecule has 56 heavy (non-hydrogen) atoms. The van der Waals surface area contributed by atoms with Crippen LogP contribution < -0.4 is 10.6 Å². The number of halogens is 1. The van der Waals surface area contributed by atoms with Gasteiger partial charge in [0.2, 0.25) is 11.8 Å². The number of fused-ring (bicyclic) bond motifs is 7. The fraction of sp³-hybridized carbons (Fsp3) is 0.523. The molecule has 12 heteroatoms. The minimum atomic E-state index is -1.42. The Morgan fingerprint density at radius 3 is 2.52 bits per heavy atom. The SMILES string of the molecule is C[C@H](CC(=O)[C@H](C)NC(=O)CBr)C(=O)Nc1cccc(Cc2ccc([C@@H]3O[C@@H]4C[C@H]5[C@@H]6CCC7=CC(=O)C=C[C@]7(C)[C@H]6[C@@H](O)C[C@]5(C)[C@]4(C(=O)CO)O3)cc2)c1. The number of rotatable bonds is 12. The van der Waals surface area contributed by atoms with Crippen LogP contribution in [0.5, 0.6) is 0 Å². The molecule has 0 bridgehead atoms. The normalized spacial score (nSPS) is 33.9. The van der Waals surface area contributed by atoms with Gasteiger partial charge in [-0.15, -0.1) is 0 Å². The van der Waals surface area contributed by atoms with Gasteiger partial charge in [-0.1, -0.05) is 84.7 Å². The van der Waals surface area contributed by atoms with E-state index in [1.165, 1.54) is 0 Å². The van der Waals surface area contributed by atoms with E-state index < -0.39 is 59.3 Å². The number of hydrogen-bond donors (Lipinski definition) is 4. The Bertz CT molecular complexity index is 1980. The third-order valence-electron chi connectivity index (χ3n) is 13.6. The van der Waals surface area contributed by atoms with Crippen LogP contribution in [0.1, 0.15) is 82.8 Å². The van der Waals surface area contributed by atoms with Gasteiger partial charge in [-0.05, 0) is 86.3 Å². The zero-order valence-corrected chi connectivity index (χ0v) is 33.8. The molecule has 3 saturated carbocycles. The van der Waals surface area contributed by atoms with Crippen molar-refractivity contribution in [3.05, 3.63) is 89.0 Å².